The zero-order valence-corrected chi connectivity index (χ0v) is 12.5. The number of methoxy groups -OCH3 is 1. The van der Waals surface area contributed by atoms with Gasteiger partial charge in [-0.1, -0.05) is 12.2 Å². The van der Waals surface area contributed by atoms with Crippen LogP contribution in [0.2, 0.25) is 0 Å². The standard InChI is InChI=1S/C15H20N2O4/c1-5-17(9-10(2)3)15(20)16-13-8-11(21-4)6-7-12(13)14(18)19/h6-8H,2,5,9H2,1,3-4H3,(H,16,20)(H,18,19). The largest absolute Gasteiger partial charge is 0.497 e. The van der Waals surface area contributed by atoms with Crippen LogP contribution in [0.3, 0.4) is 0 Å². The number of carbonyl (C=O) groups excluding carboxylic acids is 1. The van der Waals surface area contributed by atoms with Gasteiger partial charge in [-0.05, 0) is 26.0 Å². The average molecular weight is 292 g/mol. The van der Waals surface area contributed by atoms with Crippen molar-refractivity contribution in [1.82, 2.24) is 4.90 Å². The number of nitrogens with one attached hydrogen (secondary N) is 1. The van der Waals surface area contributed by atoms with Crippen LogP contribution in [0.5, 0.6) is 5.75 Å². The molecule has 2 amide bonds. The molecule has 1 aromatic carbocycles. The Morgan fingerprint density at radius 2 is 2.10 bits per heavy atom. The number of aromatic carboxylic acids is 1. The SMILES string of the molecule is C=C(C)CN(CC)C(=O)Nc1cc(OC)ccc1C(=O)O. The van der Waals surface area contributed by atoms with Crippen molar-refractivity contribution in [2.75, 3.05) is 25.5 Å². The van der Waals surface area contributed by atoms with E-state index in [0.29, 0.717) is 18.8 Å². The number of nitrogens with zero attached hydrogens (tertiary/aromatic N) is 1. The predicted octanol–water partition coefficient (Wildman–Crippen LogP) is 2.82. The van der Waals surface area contributed by atoms with Crippen LogP contribution in [0.25, 0.3) is 0 Å². The number of carboxylic acid groups (broad SMARTS) is 1. The van der Waals surface area contributed by atoms with Gasteiger partial charge < -0.3 is 20.1 Å². The van der Waals surface area contributed by atoms with E-state index in [0.717, 1.165) is 5.57 Å². The number of amides is 2. The Kier molecular flexibility index (Phi) is 5.78. The fourth-order valence-corrected chi connectivity index (χ4v) is 1.79. The molecular weight excluding hydrogens is 272 g/mol. The molecule has 0 aliphatic rings. The number of rotatable bonds is 6. The lowest BCUT2D eigenvalue weighted by molar-refractivity contribution is 0.0698. The maximum Gasteiger partial charge on any atom is 0.337 e. The highest BCUT2D eigenvalue weighted by molar-refractivity contribution is 6.00. The van der Waals surface area contributed by atoms with E-state index in [9.17, 15) is 9.59 Å². The molecule has 0 aliphatic heterocycles. The lowest BCUT2D eigenvalue weighted by atomic mass is 10.1. The van der Waals surface area contributed by atoms with Gasteiger partial charge in [0.15, 0.2) is 0 Å². The lowest BCUT2D eigenvalue weighted by Gasteiger charge is -2.22. The third-order valence-corrected chi connectivity index (χ3v) is 2.83. The van der Waals surface area contributed by atoms with Crippen LogP contribution >= 0.6 is 0 Å². The minimum absolute atomic E-state index is 0.00975. The van der Waals surface area contributed by atoms with Crippen LogP contribution in [0.4, 0.5) is 10.5 Å². The van der Waals surface area contributed by atoms with Gasteiger partial charge in [-0.3, -0.25) is 0 Å². The number of carboxylic acids is 1. The average Bonchev–Trinajstić information content (AvgIpc) is 2.43. The van der Waals surface area contributed by atoms with Gasteiger partial charge in [-0.15, -0.1) is 0 Å². The third-order valence-electron chi connectivity index (χ3n) is 2.83. The van der Waals surface area contributed by atoms with E-state index in [1.54, 1.807) is 0 Å². The number of urea groups is 1. The van der Waals surface area contributed by atoms with Gasteiger partial charge in [0.1, 0.15) is 5.75 Å². The molecule has 0 bridgehead atoms. The second kappa shape index (κ2) is 7.33. The Labute approximate surface area is 124 Å². The Bertz CT molecular complexity index is 555. The summed E-state index contributed by atoms with van der Waals surface area (Å²) in [6.45, 7) is 8.34. The first-order chi connectivity index (χ1) is 9.88. The van der Waals surface area contributed by atoms with Gasteiger partial charge in [-0.2, -0.15) is 0 Å². The molecule has 0 radical (unpaired) electrons. The number of likely N-dealkylation sites (N-methyl/N-ethyl adjacent to an activating group) is 1. The molecule has 0 unspecified atom stereocenters. The van der Waals surface area contributed by atoms with Crippen molar-refractivity contribution in [3.8, 4) is 5.75 Å². The van der Waals surface area contributed by atoms with E-state index in [1.807, 2.05) is 13.8 Å². The summed E-state index contributed by atoms with van der Waals surface area (Å²) < 4.78 is 5.05. The summed E-state index contributed by atoms with van der Waals surface area (Å²) in [6, 6.07) is 4.03. The first kappa shape index (κ1) is 16.6. The van der Waals surface area contributed by atoms with E-state index < -0.39 is 5.97 Å². The molecule has 21 heavy (non-hydrogen) atoms. The molecule has 114 valence electrons. The fourth-order valence-electron chi connectivity index (χ4n) is 1.79. The highest BCUT2D eigenvalue weighted by Gasteiger charge is 2.17. The zero-order valence-electron chi connectivity index (χ0n) is 12.5. The van der Waals surface area contributed by atoms with Gasteiger partial charge in [0.2, 0.25) is 0 Å². The summed E-state index contributed by atoms with van der Waals surface area (Å²) in [7, 11) is 1.47. The number of hydrogen-bond donors (Lipinski definition) is 2. The third kappa shape index (κ3) is 4.52. The van der Waals surface area contributed by atoms with Crippen molar-refractivity contribution in [3.05, 3.63) is 35.9 Å². The maximum atomic E-state index is 12.2. The second-order valence-electron chi connectivity index (χ2n) is 4.62. The Morgan fingerprint density at radius 3 is 2.57 bits per heavy atom. The van der Waals surface area contributed by atoms with Gasteiger partial charge in [0.25, 0.3) is 0 Å². The van der Waals surface area contributed by atoms with E-state index in [1.165, 1.54) is 30.2 Å². The molecule has 0 aromatic heterocycles. The van der Waals surface area contributed by atoms with E-state index in [-0.39, 0.29) is 17.3 Å². The van der Waals surface area contributed by atoms with Crippen LogP contribution in [0.15, 0.2) is 30.4 Å². The van der Waals surface area contributed by atoms with Crippen LogP contribution < -0.4 is 10.1 Å². The van der Waals surface area contributed by atoms with E-state index >= 15 is 0 Å². The fraction of sp³-hybridized carbons (Fsp3) is 0.333. The second-order valence-corrected chi connectivity index (χ2v) is 4.62. The molecule has 1 rings (SSSR count). The van der Waals surface area contributed by atoms with E-state index in [4.69, 9.17) is 9.84 Å². The van der Waals surface area contributed by atoms with Gasteiger partial charge in [0, 0.05) is 19.2 Å². The van der Waals surface area contributed by atoms with Crippen LogP contribution in [-0.2, 0) is 0 Å². The smallest absolute Gasteiger partial charge is 0.337 e. The molecule has 0 saturated carbocycles. The van der Waals surface area contributed by atoms with Crippen molar-refractivity contribution in [3.63, 3.8) is 0 Å². The first-order valence-electron chi connectivity index (χ1n) is 6.50. The Balaban J connectivity index is 3.01. The highest BCUT2D eigenvalue weighted by Crippen LogP contribution is 2.23. The number of benzene rings is 1. The van der Waals surface area contributed by atoms with Crippen molar-refractivity contribution < 1.29 is 19.4 Å². The normalized spacial score (nSPS) is 9.86. The van der Waals surface area contributed by atoms with Crippen LogP contribution in [0.1, 0.15) is 24.2 Å². The van der Waals surface area contributed by atoms with Crippen molar-refractivity contribution in [2.45, 2.75) is 13.8 Å². The summed E-state index contributed by atoms with van der Waals surface area (Å²) in [6.07, 6.45) is 0. The van der Waals surface area contributed by atoms with Crippen molar-refractivity contribution >= 4 is 17.7 Å². The molecule has 0 heterocycles. The van der Waals surface area contributed by atoms with Gasteiger partial charge >= 0.3 is 12.0 Å². The summed E-state index contributed by atoms with van der Waals surface area (Å²) >= 11 is 0. The molecule has 0 atom stereocenters. The van der Waals surface area contributed by atoms with Crippen LogP contribution in [-0.4, -0.2) is 42.2 Å². The summed E-state index contributed by atoms with van der Waals surface area (Å²) in [4.78, 5) is 24.9. The van der Waals surface area contributed by atoms with Gasteiger partial charge in [0.05, 0.1) is 18.4 Å². The molecule has 6 nitrogen and oxygen atoms in total. The number of ether oxygens (including phenoxy) is 1. The Morgan fingerprint density at radius 1 is 1.43 bits per heavy atom. The topological polar surface area (TPSA) is 78.9 Å². The predicted molar refractivity (Wildman–Crippen MR) is 81.0 cm³/mol. The number of anilines is 1. The quantitative estimate of drug-likeness (QED) is 0.790. The van der Waals surface area contributed by atoms with Crippen LogP contribution in [0, 0.1) is 0 Å². The summed E-state index contributed by atoms with van der Waals surface area (Å²) in [5.41, 5.74) is 1.05. The molecule has 1 aromatic rings. The maximum absolute atomic E-state index is 12.2. The lowest BCUT2D eigenvalue weighted by Crippen LogP contribution is -2.36. The van der Waals surface area contributed by atoms with Crippen molar-refractivity contribution in [1.29, 1.82) is 0 Å². The first-order valence-corrected chi connectivity index (χ1v) is 6.50. The summed E-state index contributed by atoms with van der Waals surface area (Å²) in [5.74, 6) is -0.644. The monoisotopic (exact) mass is 292 g/mol. The summed E-state index contributed by atoms with van der Waals surface area (Å²) in [5, 5.41) is 11.8. The van der Waals surface area contributed by atoms with Gasteiger partial charge in [-0.25, -0.2) is 9.59 Å². The molecule has 0 aliphatic carbocycles. The molecule has 0 spiro atoms. The molecule has 0 saturated heterocycles. The number of hydrogen-bond acceptors (Lipinski definition) is 3. The van der Waals surface area contributed by atoms with Crippen molar-refractivity contribution in [2.24, 2.45) is 0 Å². The molecule has 6 heteroatoms. The van der Waals surface area contributed by atoms with E-state index in [2.05, 4.69) is 11.9 Å². The number of carbonyl (C=O) groups is 2. The molecule has 0 fully saturated rings. The highest BCUT2D eigenvalue weighted by atomic mass is 16.5. The zero-order chi connectivity index (χ0) is 16.0. The Hall–Kier alpha value is -2.50. The minimum Gasteiger partial charge on any atom is -0.497 e. The molecule has 2 N–H and O–H groups in total. The molecular formula is C15H20N2O4. The minimum atomic E-state index is -1.11.